The van der Waals surface area contributed by atoms with Crippen LogP contribution in [0.3, 0.4) is 0 Å². The second kappa shape index (κ2) is 10.6. The number of ether oxygens (including phenoxy) is 1. The lowest BCUT2D eigenvalue weighted by molar-refractivity contribution is -0.127. The van der Waals surface area contributed by atoms with Crippen LogP contribution in [-0.2, 0) is 16.1 Å². The summed E-state index contributed by atoms with van der Waals surface area (Å²) in [4.78, 5) is 41.8. The average molecular weight is 526 g/mol. The standard InChI is InChI=1S/C30H43N3O5/c1-6-7-13-28(2,3)19-32(27(37)38-18-21-11-9-8-10-12-21)20-30-16-23(33(26(35)36)24(30)17-30)25(34)31-22-14-29(4,5)15-22/h6,8-12,22-24H,1,7,13-20H2,2-5H3,(H,31,34)(H,35,36)/t23-,24+,30-/m0/s1. The molecule has 1 saturated heterocycles. The first-order chi connectivity index (χ1) is 17.8. The quantitative estimate of drug-likeness (QED) is 0.375. The lowest BCUT2D eigenvalue weighted by atomic mass is 9.68. The topological polar surface area (TPSA) is 99.2 Å². The molecule has 1 heterocycles. The summed E-state index contributed by atoms with van der Waals surface area (Å²) in [5.41, 5.74) is 0.505. The molecule has 38 heavy (non-hydrogen) atoms. The lowest BCUT2D eigenvalue weighted by Crippen LogP contribution is -2.54. The van der Waals surface area contributed by atoms with Gasteiger partial charge in [0.2, 0.25) is 5.91 Å². The fourth-order valence-electron chi connectivity index (χ4n) is 6.50. The summed E-state index contributed by atoms with van der Waals surface area (Å²) in [6, 6.07) is 8.64. The molecule has 3 amide bonds. The zero-order valence-electron chi connectivity index (χ0n) is 23.2. The first kappa shape index (κ1) is 28.0. The van der Waals surface area contributed by atoms with Crippen molar-refractivity contribution >= 4 is 18.1 Å². The Kier molecular flexibility index (Phi) is 7.82. The SMILES string of the molecule is C=CCCC(C)(C)CN(C[C@@]12C[C@@H](C(=O)NC3CC(C)(C)C3)N(C(=O)O)[C@@H]1C2)C(=O)OCc1ccccc1. The molecule has 8 heteroatoms. The van der Waals surface area contributed by atoms with Crippen LogP contribution in [0, 0.1) is 16.2 Å². The van der Waals surface area contributed by atoms with Crippen molar-refractivity contribution in [3.63, 3.8) is 0 Å². The van der Waals surface area contributed by atoms with Crippen LogP contribution in [0.25, 0.3) is 0 Å². The van der Waals surface area contributed by atoms with Crippen LogP contribution in [-0.4, -0.2) is 64.2 Å². The molecule has 0 aromatic heterocycles. The van der Waals surface area contributed by atoms with E-state index in [9.17, 15) is 19.5 Å². The number of nitrogens with one attached hydrogen (secondary N) is 1. The number of carboxylic acid groups (broad SMARTS) is 1. The summed E-state index contributed by atoms with van der Waals surface area (Å²) in [5.74, 6) is -0.219. The van der Waals surface area contributed by atoms with Gasteiger partial charge in [-0.3, -0.25) is 9.69 Å². The Bertz CT molecular complexity index is 1050. The van der Waals surface area contributed by atoms with E-state index in [0.29, 0.717) is 25.9 Å². The maximum absolute atomic E-state index is 13.4. The number of amides is 3. The van der Waals surface area contributed by atoms with Gasteiger partial charge in [-0.1, -0.05) is 64.1 Å². The fourth-order valence-corrected chi connectivity index (χ4v) is 6.50. The molecule has 3 atom stereocenters. The molecule has 8 nitrogen and oxygen atoms in total. The predicted molar refractivity (Wildman–Crippen MR) is 145 cm³/mol. The van der Waals surface area contributed by atoms with Crippen LogP contribution in [0.1, 0.15) is 71.8 Å². The number of piperidine rings is 1. The summed E-state index contributed by atoms with van der Waals surface area (Å²) in [7, 11) is 0. The third kappa shape index (κ3) is 6.33. The highest BCUT2D eigenvalue weighted by atomic mass is 16.6. The van der Waals surface area contributed by atoms with Gasteiger partial charge < -0.3 is 20.1 Å². The van der Waals surface area contributed by atoms with E-state index in [-0.39, 0.29) is 35.4 Å². The van der Waals surface area contributed by atoms with E-state index in [1.807, 2.05) is 36.4 Å². The van der Waals surface area contributed by atoms with Crippen molar-refractivity contribution in [1.82, 2.24) is 15.1 Å². The molecule has 0 spiro atoms. The highest BCUT2D eigenvalue weighted by Crippen LogP contribution is 2.60. The molecule has 2 aliphatic carbocycles. The summed E-state index contributed by atoms with van der Waals surface area (Å²) in [6.07, 6.45) is 4.95. The minimum Gasteiger partial charge on any atom is -0.465 e. The van der Waals surface area contributed by atoms with Gasteiger partial charge in [0.15, 0.2) is 0 Å². The first-order valence-electron chi connectivity index (χ1n) is 13.7. The molecule has 1 aromatic rings. The van der Waals surface area contributed by atoms with Crippen molar-refractivity contribution < 1.29 is 24.2 Å². The molecule has 0 unspecified atom stereocenters. The molecule has 4 rings (SSSR count). The summed E-state index contributed by atoms with van der Waals surface area (Å²) in [5, 5.41) is 13.1. The number of hydrogen-bond acceptors (Lipinski definition) is 4. The van der Waals surface area contributed by atoms with Crippen LogP contribution in [0.4, 0.5) is 9.59 Å². The van der Waals surface area contributed by atoms with Gasteiger partial charge >= 0.3 is 12.2 Å². The Morgan fingerprint density at radius 2 is 1.87 bits per heavy atom. The summed E-state index contributed by atoms with van der Waals surface area (Å²) in [6.45, 7) is 13.4. The zero-order chi connectivity index (χ0) is 27.7. The molecule has 3 aliphatic rings. The van der Waals surface area contributed by atoms with Crippen molar-refractivity contribution in [3.05, 3.63) is 48.6 Å². The fraction of sp³-hybridized carbons (Fsp3) is 0.633. The van der Waals surface area contributed by atoms with Crippen molar-refractivity contribution in [2.45, 2.75) is 91.0 Å². The normalized spacial score (nSPS) is 25.6. The van der Waals surface area contributed by atoms with E-state index in [4.69, 9.17) is 4.74 Å². The maximum Gasteiger partial charge on any atom is 0.410 e. The number of allylic oxidation sites excluding steroid dienone is 1. The van der Waals surface area contributed by atoms with Crippen molar-refractivity contribution in [2.75, 3.05) is 13.1 Å². The van der Waals surface area contributed by atoms with Crippen LogP contribution in [0.15, 0.2) is 43.0 Å². The van der Waals surface area contributed by atoms with E-state index < -0.39 is 23.6 Å². The number of benzene rings is 1. The Hall–Kier alpha value is -3.03. The van der Waals surface area contributed by atoms with Crippen LogP contribution in [0.5, 0.6) is 0 Å². The molecule has 0 radical (unpaired) electrons. The summed E-state index contributed by atoms with van der Waals surface area (Å²) < 4.78 is 5.71. The van der Waals surface area contributed by atoms with Crippen molar-refractivity contribution in [2.24, 2.45) is 16.2 Å². The second-order valence-electron chi connectivity index (χ2n) is 13.2. The van der Waals surface area contributed by atoms with E-state index in [1.54, 1.807) is 4.90 Å². The summed E-state index contributed by atoms with van der Waals surface area (Å²) >= 11 is 0. The zero-order valence-corrected chi connectivity index (χ0v) is 23.2. The van der Waals surface area contributed by atoms with Gasteiger partial charge in [-0.05, 0) is 54.9 Å². The molecule has 1 aliphatic heterocycles. The largest absolute Gasteiger partial charge is 0.465 e. The Morgan fingerprint density at radius 1 is 1.18 bits per heavy atom. The minimum absolute atomic E-state index is 0.0937. The maximum atomic E-state index is 13.4. The highest BCUT2D eigenvalue weighted by Gasteiger charge is 2.68. The van der Waals surface area contributed by atoms with Gasteiger partial charge in [-0.2, -0.15) is 0 Å². The van der Waals surface area contributed by atoms with E-state index in [2.05, 4.69) is 39.6 Å². The van der Waals surface area contributed by atoms with Crippen LogP contribution < -0.4 is 5.32 Å². The Balaban J connectivity index is 1.47. The Morgan fingerprint density at radius 3 is 2.47 bits per heavy atom. The molecule has 3 fully saturated rings. The minimum atomic E-state index is -1.08. The van der Waals surface area contributed by atoms with Crippen molar-refractivity contribution in [3.8, 4) is 0 Å². The van der Waals surface area contributed by atoms with Crippen LogP contribution >= 0.6 is 0 Å². The van der Waals surface area contributed by atoms with E-state index in [0.717, 1.165) is 31.2 Å². The second-order valence-corrected chi connectivity index (χ2v) is 13.2. The number of fused-ring (bicyclic) bond motifs is 1. The van der Waals surface area contributed by atoms with E-state index in [1.165, 1.54) is 4.90 Å². The number of carbonyl (C=O) groups excluding carboxylic acids is 2. The van der Waals surface area contributed by atoms with Gasteiger partial charge in [-0.15, -0.1) is 6.58 Å². The predicted octanol–water partition coefficient (Wildman–Crippen LogP) is 5.43. The number of likely N-dealkylation sites (tertiary alicyclic amines) is 1. The van der Waals surface area contributed by atoms with Gasteiger partial charge in [0.25, 0.3) is 0 Å². The van der Waals surface area contributed by atoms with Gasteiger partial charge in [0.1, 0.15) is 12.6 Å². The molecule has 2 N–H and O–H groups in total. The molecule has 0 bridgehead atoms. The average Bonchev–Trinajstić information content (AvgIpc) is 3.42. The number of hydrogen-bond donors (Lipinski definition) is 2. The molecule has 208 valence electrons. The van der Waals surface area contributed by atoms with Gasteiger partial charge in [0, 0.05) is 30.6 Å². The lowest BCUT2D eigenvalue weighted by Gasteiger charge is -2.43. The highest BCUT2D eigenvalue weighted by molar-refractivity contribution is 5.87. The third-order valence-electron chi connectivity index (χ3n) is 8.50. The van der Waals surface area contributed by atoms with Gasteiger partial charge in [-0.25, -0.2) is 9.59 Å². The molecular formula is C30H43N3O5. The third-order valence-corrected chi connectivity index (χ3v) is 8.50. The molecule has 1 aromatic carbocycles. The monoisotopic (exact) mass is 525 g/mol. The Labute approximate surface area is 226 Å². The number of carbonyl (C=O) groups is 3. The van der Waals surface area contributed by atoms with Crippen molar-refractivity contribution in [1.29, 1.82) is 0 Å². The number of nitrogens with zero attached hydrogens (tertiary/aromatic N) is 2. The van der Waals surface area contributed by atoms with E-state index >= 15 is 0 Å². The molecular weight excluding hydrogens is 482 g/mol. The smallest absolute Gasteiger partial charge is 0.410 e. The number of rotatable bonds is 11. The first-order valence-corrected chi connectivity index (χ1v) is 13.7. The van der Waals surface area contributed by atoms with Gasteiger partial charge in [0.05, 0.1) is 0 Å². The van der Waals surface area contributed by atoms with Crippen LogP contribution in [0.2, 0.25) is 0 Å². The molecule has 2 saturated carbocycles.